The van der Waals surface area contributed by atoms with E-state index in [-0.39, 0.29) is 24.4 Å². The van der Waals surface area contributed by atoms with Gasteiger partial charge >= 0.3 is 5.97 Å². The Labute approximate surface area is 114 Å². The lowest BCUT2D eigenvalue weighted by molar-refractivity contribution is -0.384. The number of anilines is 1. The van der Waals surface area contributed by atoms with Gasteiger partial charge < -0.3 is 15.2 Å². The summed E-state index contributed by atoms with van der Waals surface area (Å²) in [5.74, 6) is -0.844. The molecular formula is C12H13N3O5. The van der Waals surface area contributed by atoms with Crippen molar-refractivity contribution in [2.75, 3.05) is 18.5 Å². The summed E-state index contributed by atoms with van der Waals surface area (Å²) >= 11 is 0. The second kappa shape index (κ2) is 7.06. The molecule has 8 nitrogen and oxygen atoms in total. The van der Waals surface area contributed by atoms with Crippen molar-refractivity contribution >= 4 is 17.3 Å². The number of carbonyl (C=O) groups excluding carboxylic acids is 1. The largest absolute Gasteiger partial charge is 0.444 e. The Morgan fingerprint density at radius 1 is 1.65 bits per heavy atom. The maximum absolute atomic E-state index is 11.9. The predicted molar refractivity (Wildman–Crippen MR) is 69.2 cm³/mol. The van der Waals surface area contributed by atoms with Gasteiger partial charge in [-0.3, -0.25) is 10.1 Å². The molecule has 1 rings (SSSR count). The molecule has 0 fully saturated rings. The number of nitrogens with zero attached hydrogens (tertiary/aromatic N) is 2. The number of esters is 1. The summed E-state index contributed by atoms with van der Waals surface area (Å²) in [4.78, 5) is 22.0. The van der Waals surface area contributed by atoms with E-state index in [1.54, 1.807) is 6.07 Å². The summed E-state index contributed by atoms with van der Waals surface area (Å²) in [6, 6.07) is 5.36. The highest BCUT2D eigenvalue weighted by Gasteiger charge is 2.19. The van der Waals surface area contributed by atoms with E-state index in [1.165, 1.54) is 19.1 Å². The fraction of sp³-hybridized carbons (Fsp3) is 0.333. The van der Waals surface area contributed by atoms with Crippen molar-refractivity contribution in [1.29, 1.82) is 5.26 Å². The van der Waals surface area contributed by atoms with E-state index in [2.05, 4.69) is 5.32 Å². The van der Waals surface area contributed by atoms with E-state index < -0.39 is 17.0 Å². The van der Waals surface area contributed by atoms with Crippen LogP contribution in [0.1, 0.15) is 17.3 Å². The first-order valence-electron chi connectivity index (χ1n) is 5.73. The van der Waals surface area contributed by atoms with Crippen molar-refractivity contribution in [3.05, 3.63) is 33.9 Å². The smallest absolute Gasteiger partial charge is 0.341 e. The Morgan fingerprint density at radius 2 is 2.35 bits per heavy atom. The zero-order valence-corrected chi connectivity index (χ0v) is 10.7. The third-order valence-electron chi connectivity index (χ3n) is 2.33. The molecule has 0 bridgehead atoms. The van der Waals surface area contributed by atoms with Gasteiger partial charge in [-0.05, 0) is 13.0 Å². The third kappa shape index (κ3) is 3.93. The van der Waals surface area contributed by atoms with Crippen LogP contribution in [0, 0.1) is 21.4 Å². The molecule has 0 aliphatic rings. The van der Waals surface area contributed by atoms with Crippen LogP contribution >= 0.6 is 0 Å². The van der Waals surface area contributed by atoms with E-state index in [4.69, 9.17) is 15.1 Å². The molecule has 0 heterocycles. The maximum atomic E-state index is 11.9. The number of aliphatic hydroxyl groups excluding tert-OH is 1. The van der Waals surface area contributed by atoms with Gasteiger partial charge in [-0.2, -0.15) is 5.26 Å². The summed E-state index contributed by atoms with van der Waals surface area (Å²) in [7, 11) is 0. The van der Waals surface area contributed by atoms with Crippen LogP contribution in [0.25, 0.3) is 0 Å². The normalized spacial score (nSPS) is 11.2. The minimum atomic E-state index is -0.965. The van der Waals surface area contributed by atoms with E-state index in [1.807, 2.05) is 0 Å². The van der Waals surface area contributed by atoms with Crippen molar-refractivity contribution < 1.29 is 19.6 Å². The Kier molecular flexibility index (Phi) is 5.43. The summed E-state index contributed by atoms with van der Waals surface area (Å²) in [5, 5.41) is 30.8. The number of carbonyl (C=O) groups is 1. The highest BCUT2D eigenvalue weighted by molar-refractivity contribution is 5.96. The number of nitro benzene ring substituents is 1. The first-order chi connectivity index (χ1) is 9.49. The van der Waals surface area contributed by atoms with Crippen LogP contribution in [0.3, 0.4) is 0 Å². The van der Waals surface area contributed by atoms with E-state index >= 15 is 0 Å². The molecule has 0 saturated heterocycles. The fourth-order valence-corrected chi connectivity index (χ4v) is 1.41. The molecule has 20 heavy (non-hydrogen) atoms. The Bertz CT molecular complexity index is 553. The van der Waals surface area contributed by atoms with Crippen LogP contribution in [-0.4, -0.2) is 35.3 Å². The number of non-ortho nitro benzene ring substituents is 1. The minimum absolute atomic E-state index is 0.0604. The molecule has 8 heteroatoms. The number of nitriles is 1. The summed E-state index contributed by atoms with van der Waals surface area (Å²) in [6.07, 6.45) is -0.965. The van der Waals surface area contributed by atoms with Crippen molar-refractivity contribution in [2.24, 2.45) is 0 Å². The number of hydrogen-bond acceptors (Lipinski definition) is 7. The molecular weight excluding hydrogens is 266 g/mol. The second-order valence-electron chi connectivity index (χ2n) is 3.81. The van der Waals surface area contributed by atoms with Crippen molar-refractivity contribution in [3.63, 3.8) is 0 Å². The Balaban J connectivity index is 3.10. The SMILES string of the molecule is C[C@@H](C#N)OC(=O)c1cc([N+](=O)[O-])ccc1NCCO. The lowest BCUT2D eigenvalue weighted by Gasteiger charge is -2.11. The van der Waals surface area contributed by atoms with Crippen LogP contribution < -0.4 is 5.32 Å². The number of nitrogens with one attached hydrogen (secondary N) is 1. The number of ether oxygens (including phenoxy) is 1. The van der Waals surface area contributed by atoms with Crippen LogP contribution in [0.4, 0.5) is 11.4 Å². The van der Waals surface area contributed by atoms with Gasteiger partial charge in [-0.1, -0.05) is 0 Å². The molecule has 0 aromatic heterocycles. The molecule has 0 aliphatic carbocycles. The topological polar surface area (TPSA) is 125 Å². The number of hydrogen-bond donors (Lipinski definition) is 2. The zero-order chi connectivity index (χ0) is 15.1. The molecule has 0 amide bonds. The van der Waals surface area contributed by atoms with Gasteiger partial charge in [0.2, 0.25) is 0 Å². The first kappa shape index (κ1) is 15.4. The number of rotatable bonds is 6. The van der Waals surface area contributed by atoms with E-state index in [9.17, 15) is 14.9 Å². The van der Waals surface area contributed by atoms with Gasteiger partial charge in [0.25, 0.3) is 5.69 Å². The van der Waals surface area contributed by atoms with Crippen LogP contribution in [0.5, 0.6) is 0 Å². The Morgan fingerprint density at radius 3 is 2.90 bits per heavy atom. The third-order valence-corrected chi connectivity index (χ3v) is 2.33. The van der Waals surface area contributed by atoms with E-state index in [0.717, 1.165) is 6.07 Å². The van der Waals surface area contributed by atoms with Crippen LogP contribution in [0.2, 0.25) is 0 Å². The zero-order valence-electron chi connectivity index (χ0n) is 10.7. The molecule has 106 valence electrons. The van der Waals surface area contributed by atoms with Gasteiger partial charge in [0.15, 0.2) is 6.10 Å². The van der Waals surface area contributed by atoms with Crippen molar-refractivity contribution in [2.45, 2.75) is 13.0 Å². The second-order valence-corrected chi connectivity index (χ2v) is 3.81. The lowest BCUT2D eigenvalue weighted by atomic mass is 10.1. The van der Waals surface area contributed by atoms with Gasteiger partial charge in [0.1, 0.15) is 6.07 Å². The minimum Gasteiger partial charge on any atom is -0.444 e. The molecule has 0 unspecified atom stereocenters. The average molecular weight is 279 g/mol. The molecule has 1 aromatic rings. The van der Waals surface area contributed by atoms with Gasteiger partial charge in [0, 0.05) is 24.4 Å². The molecule has 1 atom stereocenters. The Hall–Kier alpha value is -2.66. The number of benzene rings is 1. The maximum Gasteiger partial charge on any atom is 0.341 e. The number of nitro groups is 1. The molecule has 0 spiro atoms. The van der Waals surface area contributed by atoms with Gasteiger partial charge in [-0.25, -0.2) is 4.79 Å². The highest BCUT2D eigenvalue weighted by atomic mass is 16.6. The van der Waals surface area contributed by atoms with Gasteiger partial charge in [0.05, 0.1) is 17.1 Å². The molecule has 0 aliphatic heterocycles. The van der Waals surface area contributed by atoms with E-state index in [0.29, 0.717) is 5.69 Å². The summed E-state index contributed by atoms with van der Waals surface area (Å²) < 4.78 is 4.82. The van der Waals surface area contributed by atoms with Crippen LogP contribution in [-0.2, 0) is 4.74 Å². The molecule has 0 saturated carbocycles. The lowest BCUT2D eigenvalue weighted by Crippen LogP contribution is -2.16. The van der Waals surface area contributed by atoms with Crippen LogP contribution in [0.15, 0.2) is 18.2 Å². The molecule has 2 N–H and O–H groups in total. The number of aliphatic hydroxyl groups is 1. The monoisotopic (exact) mass is 279 g/mol. The van der Waals surface area contributed by atoms with Crippen molar-refractivity contribution in [3.8, 4) is 6.07 Å². The van der Waals surface area contributed by atoms with Gasteiger partial charge in [-0.15, -0.1) is 0 Å². The fourth-order valence-electron chi connectivity index (χ4n) is 1.41. The standard InChI is InChI=1S/C12H13N3O5/c1-8(7-13)20-12(17)10-6-9(15(18)19)2-3-11(10)14-4-5-16/h2-3,6,8,14,16H,4-5H2,1H3/t8-/m0/s1. The average Bonchev–Trinajstić information content (AvgIpc) is 2.44. The van der Waals surface area contributed by atoms with Crippen molar-refractivity contribution in [1.82, 2.24) is 0 Å². The highest BCUT2D eigenvalue weighted by Crippen LogP contribution is 2.23. The quantitative estimate of drug-likeness (QED) is 0.453. The molecule has 0 radical (unpaired) electrons. The summed E-state index contributed by atoms with van der Waals surface area (Å²) in [6.45, 7) is 1.39. The predicted octanol–water partition coefficient (Wildman–Crippen LogP) is 1.07. The first-order valence-corrected chi connectivity index (χ1v) is 5.73. The molecule has 1 aromatic carbocycles. The summed E-state index contributed by atoms with van der Waals surface area (Å²) in [5.41, 5.74) is -0.0364.